The van der Waals surface area contributed by atoms with Crippen molar-refractivity contribution < 1.29 is 67.3 Å². The molecule has 5 atom stereocenters. The molecule has 2 aromatic heterocycles. The number of ether oxygens (including phenoxy) is 1. The monoisotopic (exact) mass is 1130 g/mol. The number of hydrogen-bond acceptors (Lipinski definition) is 14. The van der Waals surface area contributed by atoms with Crippen molar-refractivity contribution >= 4 is 69.9 Å². The van der Waals surface area contributed by atoms with Crippen LogP contribution in [-0.2, 0) is 84.3 Å². The van der Waals surface area contributed by atoms with E-state index in [1.807, 2.05) is 6.92 Å². The Balaban J connectivity index is 0.820. The molecule has 0 saturated carbocycles. The molecule has 82 heavy (non-hydrogen) atoms. The van der Waals surface area contributed by atoms with Gasteiger partial charge in [0.1, 0.15) is 12.4 Å². The number of halogens is 1. The number of fused-ring (bicyclic) bond motifs is 5. The predicted octanol–water partition coefficient (Wildman–Crippen LogP) is 4.51. The van der Waals surface area contributed by atoms with Crippen molar-refractivity contribution in [2.24, 2.45) is 11.8 Å². The highest BCUT2D eigenvalue weighted by atomic mass is 19.1. The minimum Gasteiger partial charge on any atom is -0.481 e. The number of aromatic nitrogens is 2. The van der Waals surface area contributed by atoms with Gasteiger partial charge in [-0.2, -0.15) is 0 Å². The first kappa shape index (κ1) is 60.1. The van der Waals surface area contributed by atoms with E-state index in [0.29, 0.717) is 77.5 Å². The normalized spacial score (nSPS) is 18.5. The van der Waals surface area contributed by atoms with Gasteiger partial charge in [0.2, 0.25) is 35.4 Å². The fourth-order valence-corrected chi connectivity index (χ4v) is 11.7. The van der Waals surface area contributed by atoms with Gasteiger partial charge in [-0.25, -0.2) is 14.2 Å². The fraction of sp³-hybridized carbons (Fsp3) is 0.500. The number of aryl methyl sites for hydroxylation is 1. The zero-order valence-corrected chi connectivity index (χ0v) is 46.4. The third-order valence-corrected chi connectivity index (χ3v) is 16.2. The van der Waals surface area contributed by atoms with E-state index < -0.39 is 102 Å². The molecular weight excluding hydrogens is 1060 g/mol. The van der Waals surface area contributed by atoms with Crippen LogP contribution in [-0.4, -0.2) is 109 Å². The fourth-order valence-electron chi connectivity index (χ4n) is 11.7. The second-order valence-electron chi connectivity index (χ2n) is 21.8. The number of unbranched alkanes of at least 4 members (excludes halogenated alkanes) is 2. The second-order valence-corrected chi connectivity index (χ2v) is 21.8. The minimum atomic E-state index is -2.05. The largest absolute Gasteiger partial charge is 0.481 e. The van der Waals surface area contributed by atoms with Gasteiger partial charge in [0.15, 0.2) is 17.2 Å². The Morgan fingerprint density at radius 3 is 2.37 bits per heavy atom. The average molecular weight is 1130 g/mol. The topological polar surface area (TPSA) is 307 Å². The average Bonchev–Trinajstić information content (AvgIpc) is 1.80. The van der Waals surface area contributed by atoms with Crippen LogP contribution in [0.15, 0.2) is 47.3 Å². The maximum absolute atomic E-state index is 15.5. The van der Waals surface area contributed by atoms with E-state index in [2.05, 4.69) is 21.3 Å². The molecule has 0 radical (unpaired) electrons. The number of imide groups is 1. The quantitative estimate of drug-likeness (QED) is 0.0228. The summed E-state index contributed by atoms with van der Waals surface area (Å²) in [6.45, 7) is 4.86. The molecule has 1 unspecified atom stereocenters. The number of Topliss-reactive ketones (excluding diaryl/α,β-unsaturated/α-hetero) is 2. The molecular formula is C60H70FN7O14. The third-order valence-electron chi connectivity index (χ3n) is 16.2. The first-order chi connectivity index (χ1) is 39.2. The van der Waals surface area contributed by atoms with Gasteiger partial charge in [0.25, 0.3) is 5.56 Å². The van der Waals surface area contributed by atoms with Crippen molar-refractivity contribution in [1.82, 2.24) is 35.7 Å². The van der Waals surface area contributed by atoms with Crippen molar-refractivity contribution in [3.05, 3.63) is 97.6 Å². The number of carbonyl (C=O) groups is 10. The lowest BCUT2D eigenvalue weighted by molar-refractivity contribution is -0.172. The molecule has 6 amide bonds. The van der Waals surface area contributed by atoms with Crippen LogP contribution < -0.4 is 26.8 Å². The maximum atomic E-state index is 15.5. The van der Waals surface area contributed by atoms with Crippen molar-refractivity contribution in [2.45, 2.75) is 161 Å². The molecule has 0 bridgehead atoms. The lowest BCUT2D eigenvalue weighted by atomic mass is 9.81. The van der Waals surface area contributed by atoms with Crippen molar-refractivity contribution in [3.8, 4) is 11.4 Å². The predicted molar refractivity (Wildman–Crippen MR) is 294 cm³/mol. The van der Waals surface area contributed by atoms with Gasteiger partial charge in [-0.05, 0) is 86.6 Å². The van der Waals surface area contributed by atoms with Crippen LogP contribution in [0.2, 0.25) is 0 Å². The number of aliphatic hydroxyl groups is 1. The molecule has 3 aliphatic heterocycles. The highest BCUT2D eigenvalue weighted by Crippen LogP contribution is 2.46. The molecule has 436 valence electrons. The Kier molecular flexibility index (Phi) is 19.3. The molecule has 8 rings (SSSR count). The second kappa shape index (κ2) is 26.3. The van der Waals surface area contributed by atoms with E-state index in [9.17, 15) is 63.0 Å². The smallest absolute Gasteiger partial charge is 0.343 e. The Hall–Kier alpha value is -8.01. The van der Waals surface area contributed by atoms with Crippen LogP contribution in [0.3, 0.4) is 0 Å². The van der Waals surface area contributed by atoms with Crippen LogP contribution in [0, 0.1) is 24.6 Å². The standard InChI is InChI=1S/C60H70FN7O14/c1-4-13-35-26-51(74)67(57(35)78)23-11-7-10-16-49(72)65-44(29-52(75)76)47(70)20-21-48(71)63-30-37(69)25-36(24-34-14-8-6-9-15-34)56(77)62-22-12-17-50(73)64-43-19-18-38-33(3)42(61)28-45-53(38)54(43)39-31-68-46(55(39)66-45)27-41-40(58(68)79)32-82-59(80)60(41,81)5-2/h6,8-9,14-15,27-28,35-36,43-44,81H,4-5,7,10-13,16-26,29-32H2,1-3H3,(H,62,77)(H,63,71)(H,64,73)(H,65,72)(H,75,76)/t35?,36-,43+,44+,60+/m1/s1. The lowest BCUT2D eigenvalue weighted by Gasteiger charge is -2.31. The highest BCUT2D eigenvalue weighted by molar-refractivity contribution is 6.03. The molecule has 4 aromatic rings. The SMILES string of the molecule is CCCC1CC(=O)N(CCCCCC(=O)N[C@@H](CC(=O)O)C(=O)CCC(=O)NCC(=O)C[C@@H](Cc2ccccc2)C(=O)NCCCC(=O)N[C@H]2CCc3c(C)c(F)cc4nc5c(c2c34)Cn2c-5cc3c(c2=O)COC(=O)[C@]3(O)CC)C1=O. The number of nitrogens with one attached hydrogen (secondary N) is 4. The van der Waals surface area contributed by atoms with Crippen molar-refractivity contribution in [2.75, 3.05) is 19.6 Å². The number of esters is 1. The van der Waals surface area contributed by atoms with Crippen LogP contribution in [0.4, 0.5) is 4.39 Å². The number of hydrogen-bond donors (Lipinski definition) is 6. The first-order valence-corrected chi connectivity index (χ1v) is 28.3. The molecule has 22 heteroatoms. The molecule has 4 aliphatic rings. The van der Waals surface area contributed by atoms with Gasteiger partial charge in [-0.3, -0.25) is 52.8 Å². The molecule has 1 fully saturated rings. The molecule has 2 aromatic carbocycles. The Morgan fingerprint density at radius 1 is 0.878 bits per heavy atom. The molecule has 21 nitrogen and oxygen atoms in total. The number of carboxylic acid groups (broad SMARTS) is 1. The van der Waals surface area contributed by atoms with Crippen LogP contribution in [0.1, 0.15) is 155 Å². The zero-order chi connectivity index (χ0) is 59.0. The Bertz CT molecular complexity index is 3290. The van der Waals surface area contributed by atoms with E-state index in [0.717, 1.165) is 17.5 Å². The number of nitrogens with zero attached hydrogens (tertiary/aromatic N) is 3. The highest BCUT2D eigenvalue weighted by Gasteiger charge is 2.46. The van der Waals surface area contributed by atoms with Crippen LogP contribution >= 0.6 is 0 Å². The number of cyclic esters (lactones) is 1. The number of aliphatic carboxylic acids is 1. The lowest BCUT2D eigenvalue weighted by Crippen LogP contribution is -2.44. The number of amides is 6. The van der Waals surface area contributed by atoms with Gasteiger partial charge < -0.3 is 40.8 Å². The summed E-state index contributed by atoms with van der Waals surface area (Å²) in [5.41, 5.74) is 2.15. The summed E-state index contributed by atoms with van der Waals surface area (Å²) in [6, 6.07) is 9.95. The Labute approximate surface area is 472 Å². The number of carboxylic acids is 1. The minimum absolute atomic E-state index is 0.00682. The summed E-state index contributed by atoms with van der Waals surface area (Å²) < 4.78 is 22.2. The van der Waals surface area contributed by atoms with Gasteiger partial charge >= 0.3 is 11.9 Å². The van der Waals surface area contributed by atoms with E-state index in [1.165, 1.54) is 15.5 Å². The summed E-state index contributed by atoms with van der Waals surface area (Å²) in [7, 11) is 0. The Morgan fingerprint density at radius 2 is 1.63 bits per heavy atom. The molecule has 6 N–H and O–H groups in total. The summed E-state index contributed by atoms with van der Waals surface area (Å²) in [5.74, 6) is -7.40. The summed E-state index contributed by atoms with van der Waals surface area (Å²) in [5, 5.41) is 32.4. The maximum Gasteiger partial charge on any atom is 0.343 e. The van der Waals surface area contributed by atoms with Crippen LogP contribution in [0.25, 0.3) is 22.3 Å². The van der Waals surface area contributed by atoms with Gasteiger partial charge in [0.05, 0.1) is 54.1 Å². The van der Waals surface area contributed by atoms with Gasteiger partial charge in [-0.15, -0.1) is 0 Å². The number of pyridine rings is 2. The number of benzene rings is 2. The summed E-state index contributed by atoms with van der Waals surface area (Å²) >= 11 is 0. The number of ketones is 2. The van der Waals surface area contributed by atoms with E-state index in [1.54, 1.807) is 50.2 Å². The van der Waals surface area contributed by atoms with E-state index in [-0.39, 0.29) is 106 Å². The zero-order valence-electron chi connectivity index (χ0n) is 46.4. The van der Waals surface area contributed by atoms with Gasteiger partial charge in [0, 0.05) is 86.0 Å². The number of carbonyl (C=O) groups excluding carboxylic acids is 9. The molecule has 1 aliphatic carbocycles. The molecule has 5 heterocycles. The molecule has 0 spiro atoms. The third kappa shape index (κ3) is 13.3. The first-order valence-electron chi connectivity index (χ1n) is 28.3. The summed E-state index contributed by atoms with van der Waals surface area (Å²) in [4.78, 5) is 149. The van der Waals surface area contributed by atoms with Crippen molar-refractivity contribution in [3.63, 3.8) is 0 Å². The van der Waals surface area contributed by atoms with E-state index in [4.69, 9.17) is 9.72 Å². The summed E-state index contributed by atoms with van der Waals surface area (Å²) in [6.07, 6.45) is 2.34. The molecule has 1 saturated heterocycles. The van der Waals surface area contributed by atoms with Gasteiger partial charge in [-0.1, -0.05) is 57.0 Å². The van der Waals surface area contributed by atoms with E-state index >= 15 is 4.39 Å². The van der Waals surface area contributed by atoms with Crippen molar-refractivity contribution in [1.29, 1.82) is 0 Å². The number of rotatable bonds is 28. The number of likely N-dealkylation sites (tertiary alicyclic amines) is 1. The van der Waals surface area contributed by atoms with Crippen LogP contribution in [0.5, 0.6) is 0 Å².